The van der Waals surface area contributed by atoms with E-state index in [2.05, 4.69) is 19.2 Å². The SMILES string of the molecule is Cc1cccc([N+](=O)[O-])c1NCC(C)(C)CCCO. The molecule has 0 saturated carbocycles. The van der Waals surface area contributed by atoms with Gasteiger partial charge in [-0.05, 0) is 30.7 Å². The highest BCUT2D eigenvalue weighted by Crippen LogP contribution is 2.30. The van der Waals surface area contributed by atoms with E-state index in [9.17, 15) is 10.1 Å². The lowest BCUT2D eigenvalue weighted by Crippen LogP contribution is -2.24. The van der Waals surface area contributed by atoms with Gasteiger partial charge in [0.05, 0.1) is 4.92 Å². The van der Waals surface area contributed by atoms with Crippen LogP contribution in [-0.4, -0.2) is 23.2 Å². The maximum Gasteiger partial charge on any atom is 0.292 e. The molecule has 0 unspecified atom stereocenters. The second-order valence-electron chi connectivity index (χ2n) is 5.57. The van der Waals surface area contributed by atoms with E-state index in [1.54, 1.807) is 6.07 Å². The van der Waals surface area contributed by atoms with E-state index in [-0.39, 0.29) is 22.6 Å². The van der Waals surface area contributed by atoms with Crippen LogP contribution >= 0.6 is 0 Å². The Hall–Kier alpha value is -1.62. The second-order valence-corrected chi connectivity index (χ2v) is 5.57. The highest BCUT2D eigenvalue weighted by atomic mass is 16.6. The van der Waals surface area contributed by atoms with Crippen molar-refractivity contribution in [2.45, 2.75) is 33.6 Å². The van der Waals surface area contributed by atoms with E-state index >= 15 is 0 Å². The number of anilines is 1. The van der Waals surface area contributed by atoms with Crippen LogP contribution < -0.4 is 5.32 Å². The quantitative estimate of drug-likeness (QED) is 0.587. The zero-order chi connectivity index (χ0) is 14.5. The van der Waals surface area contributed by atoms with E-state index < -0.39 is 0 Å². The smallest absolute Gasteiger partial charge is 0.292 e. The van der Waals surface area contributed by atoms with Crippen molar-refractivity contribution in [3.8, 4) is 0 Å². The molecule has 0 atom stereocenters. The molecule has 0 fully saturated rings. The van der Waals surface area contributed by atoms with Crippen molar-refractivity contribution in [2.75, 3.05) is 18.5 Å². The minimum absolute atomic E-state index is 0.0150. The summed E-state index contributed by atoms with van der Waals surface area (Å²) in [5.41, 5.74) is 1.55. The van der Waals surface area contributed by atoms with Crippen LogP contribution in [0.4, 0.5) is 11.4 Å². The number of aryl methyl sites for hydroxylation is 1. The zero-order valence-electron chi connectivity index (χ0n) is 11.8. The average Bonchev–Trinajstić information content (AvgIpc) is 2.34. The Morgan fingerprint density at radius 3 is 2.68 bits per heavy atom. The molecule has 2 N–H and O–H groups in total. The summed E-state index contributed by atoms with van der Waals surface area (Å²) in [4.78, 5) is 10.6. The number of nitrogens with one attached hydrogen (secondary N) is 1. The van der Waals surface area contributed by atoms with Gasteiger partial charge in [0.15, 0.2) is 0 Å². The number of nitro groups is 1. The van der Waals surface area contributed by atoms with E-state index in [0.29, 0.717) is 12.2 Å². The fourth-order valence-electron chi connectivity index (χ4n) is 2.01. The largest absolute Gasteiger partial charge is 0.396 e. The Morgan fingerprint density at radius 2 is 2.11 bits per heavy atom. The van der Waals surface area contributed by atoms with Gasteiger partial charge in [-0.2, -0.15) is 0 Å². The molecule has 0 bridgehead atoms. The van der Waals surface area contributed by atoms with E-state index in [4.69, 9.17) is 5.11 Å². The summed E-state index contributed by atoms with van der Waals surface area (Å²) in [6, 6.07) is 5.06. The topological polar surface area (TPSA) is 75.4 Å². The molecule has 0 aliphatic rings. The molecule has 0 spiro atoms. The number of hydrogen-bond donors (Lipinski definition) is 2. The van der Waals surface area contributed by atoms with Crippen LogP contribution in [-0.2, 0) is 0 Å². The Balaban J connectivity index is 2.80. The fraction of sp³-hybridized carbons (Fsp3) is 0.571. The number of para-hydroxylation sites is 1. The summed E-state index contributed by atoms with van der Waals surface area (Å²) in [6.45, 7) is 6.84. The maximum atomic E-state index is 11.0. The Kier molecular flexibility index (Phi) is 5.30. The summed E-state index contributed by atoms with van der Waals surface area (Å²) in [6.07, 6.45) is 1.61. The first-order valence-electron chi connectivity index (χ1n) is 6.46. The van der Waals surface area contributed by atoms with Gasteiger partial charge in [-0.3, -0.25) is 10.1 Å². The number of rotatable bonds is 7. The predicted octanol–water partition coefficient (Wildman–Crippen LogP) is 3.11. The third kappa shape index (κ3) is 4.52. The van der Waals surface area contributed by atoms with E-state index in [1.807, 2.05) is 13.0 Å². The lowest BCUT2D eigenvalue weighted by atomic mass is 9.87. The third-order valence-corrected chi connectivity index (χ3v) is 3.20. The Labute approximate surface area is 113 Å². The van der Waals surface area contributed by atoms with E-state index in [1.165, 1.54) is 6.07 Å². The van der Waals surface area contributed by atoms with Crippen molar-refractivity contribution >= 4 is 11.4 Å². The Morgan fingerprint density at radius 1 is 1.42 bits per heavy atom. The number of nitrogens with zero attached hydrogens (tertiary/aromatic N) is 1. The molecular formula is C14H22N2O3. The summed E-state index contributed by atoms with van der Waals surface area (Å²) < 4.78 is 0. The van der Waals surface area contributed by atoms with Crippen molar-refractivity contribution in [2.24, 2.45) is 5.41 Å². The average molecular weight is 266 g/mol. The molecule has 0 aliphatic carbocycles. The molecule has 5 nitrogen and oxygen atoms in total. The molecule has 1 aromatic carbocycles. The molecular weight excluding hydrogens is 244 g/mol. The highest BCUT2D eigenvalue weighted by Gasteiger charge is 2.20. The summed E-state index contributed by atoms with van der Waals surface area (Å²) in [5.74, 6) is 0. The zero-order valence-corrected chi connectivity index (χ0v) is 11.8. The van der Waals surface area contributed by atoms with Crippen LogP contribution in [0, 0.1) is 22.5 Å². The summed E-state index contributed by atoms with van der Waals surface area (Å²) >= 11 is 0. The van der Waals surface area contributed by atoms with E-state index in [0.717, 1.165) is 18.4 Å². The number of aliphatic hydroxyl groups excluding tert-OH is 1. The lowest BCUT2D eigenvalue weighted by Gasteiger charge is -2.25. The van der Waals surface area contributed by atoms with Crippen molar-refractivity contribution in [3.05, 3.63) is 33.9 Å². The third-order valence-electron chi connectivity index (χ3n) is 3.20. The standard InChI is InChI=1S/C14H22N2O3/c1-11-6-4-7-12(16(18)19)13(11)15-10-14(2,3)8-5-9-17/h4,6-7,15,17H,5,8-10H2,1-3H3. The number of hydrogen-bond acceptors (Lipinski definition) is 4. The number of benzene rings is 1. The molecule has 106 valence electrons. The number of aliphatic hydroxyl groups is 1. The fourth-order valence-corrected chi connectivity index (χ4v) is 2.01. The molecule has 0 amide bonds. The molecule has 0 aliphatic heterocycles. The summed E-state index contributed by atoms with van der Waals surface area (Å²) in [7, 11) is 0. The molecule has 0 radical (unpaired) electrons. The molecule has 19 heavy (non-hydrogen) atoms. The first kappa shape index (κ1) is 15.4. The highest BCUT2D eigenvalue weighted by molar-refractivity contribution is 5.66. The van der Waals surface area contributed by atoms with Gasteiger partial charge in [0.25, 0.3) is 5.69 Å². The van der Waals surface area contributed by atoms with Gasteiger partial charge in [-0.1, -0.05) is 26.0 Å². The molecule has 1 aromatic rings. The van der Waals surface area contributed by atoms with Crippen LogP contribution in [0.5, 0.6) is 0 Å². The number of nitro benzene ring substituents is 1. The lowest BCUT2D eigenvalue weighted by molar-refractivity contribution is -0.384. The van der Waals surface area contributed by atoms with Gasteiger partial charge in [0.1, 0.15) is 5.69 Å². The molecule has 0 heterocycles. The van der Waals surface area contributed by atoms with Crippen LogP contribution in [0.25, 0.3) is 0 Å². The molecule has 0 aromatic heterocycles. The van der Waals surface area contributed by atoms with Gasteiger partial charge in [0, 0.05) is 19.2 Å². The second kappa shape index (κ2) is 6.52. The van der Waals surface area contributed by atoms with Gasteiger partial charge >= 0.3 is 0 Å². The van der Waals surface area contributed by atoms with Crippen molar-refractivity contribution < 1.29 is 10.0 Å². The van der Waals surface area contributed by atoms with Crippen molar-refractivity contribution in [1.82, 2.24) is 0 Å². The van der Waals surface area contributed by atoms with Gasteiger partial charge in [-0.25, -0.2) is 0 Å². The minimum Gasteiger partial charge on any atom is -0.396 e. The molecule has 1 rings (SSSR count). The van der Waals surface area contributed by atoms with Crippen LogP contribution in [0.1, 0.15) is 32.3 Å². The predicted molar refractivity (Wildman–Crippen MR) is 76.4 cm³/mol. The normalized spacial score (nSPS) is 11.4. The first-order chi connectivity index (χ1) is 8.87. The molecule has 0 saturated heterocycles. The van der Waals surface area contributed by atoms with Gasteiger partial charge in [0.2, 0.25) is 0 Å². The van der Waals surface area contributed by atoms with Gasteiger partial charge in [-0.15, -0.1) is 0 Å². The maximum absolute atomic E-state index is 11.0. The Bertz CT molecular complexity index is 444. The molecule has 5 heteroatoms. The summed E-state index contributed by atoms with van der Waals surface area (Å²) in [5, 5.41) is 23.1. The van der Waals surface area contributed by atoms with Crippen molar-refractivity contribution in [1.29, 1.82) is 0 Å². The van der Waals surface area contributed by atoms with Gasteiger partial charge < -0.3 is 10.4 Å². The first-order valence-corrected chi connectivity index (χ1v) is 6.46. The van der Waals surface area contributed by atoms with Crippen LogP contribution in [0.15, 0.2) is 18.2 Å². The van der Waals surface area contributed by atoms with Crippen molar-refractivity contribution in [3.63, 3.8) is 0 Å². The minimum atomic E-state index is -0.365. The monoisotopic (exact) mass is 266 g/mol. The van der Waals surface area contributed by atoms with Crippen LogP contribution in [0.2, 0.25) is 0 Å². The van der Waals surface area contributed by atoms with Crippen LogP contribution in [0.3, 0.4) is 0 Å².